The predicted molar refractivity (Wildman–Crippen MR) is 62.7 cm³/mol. The third-order valence-corrected chi connectivity index (χ3v) is 2.94. The molecule has 5 nitrogen and oxygen atoms in total. The molecule has 2 aromatic rings. The van der Waals surface area contributed by atoms with Gasteiger partial charge in [-0.15, -0.1) is 0 Å². The van der Waals surface area contributed by atoms with Crippen molar-refractivity contribution < 1.29 is 9.18 Å². The van der Waals surface area contributed by atoms with Crippen LogP contribution in [0.5, 0.6) is 0 Å². The molecular weight excluding hydrogens is 291 g/mol. The Bertz CT molecular complexity index is 596. The molecule has 0 aliphatic rings. The quantitative estimate of drug-likeness (QED) is 0.886. The fourth-order valence-electron chi connectivity index (χ4n) is 1.43. The van der Waals surface area contributed by atoms with Gasteiger partial charge >= 0.3 is 0 Å². The van der Waals surface area contributed by atoms with Crippen LogP contribution in [0.15, 0.2) is 16.6 Å². The lowest BCUT2D eigenvalue weighted by Crippen LogP contribution is -2.12. The molecule has 0 unspecified atom stereocenters. The summed E-state index contributed by atoms with van der Waals surface area (Å²) in [5, 5.41) is 9.83. The van der Waals surface area contributed by atoms with Gasteiger partial charge in [0.2, 0.25) is 0 Å². The van der Waals surface area contributed by atoms with Gasteiger partial charge in [0.1, 0.15) is 11.5 Å². The molecule has 0 atom stereocenters. The van der Waals surface area contributed by atoms with Crippen LogP contribution < -0.4 is 5.73 Å². The van der Waals surface area contributed by atoms with Crippen LogP contribution in [0, 0.1) is 12.7 Å². The van der Waals surface area contributed by atoms with Gasteiger partial charge in [-0.1, -0.05) is 0 Å². The van der Waals surface area contributed by atoms with Crippen LogP contribution >= 0.6 is 15.9 Å². The first-order valence-electron chi connectivity index (χ1n) is 4.67. The van der Waals surface area contributed by atoms with E-state index in [1.807, 2.05) is 0 Å². The summed E-state index contributed by atoms with van der Waals surface area (Å²) in [6.07, 6.45) is 0. The molecular formula is C10H8BrFN4O. The molecule has 0 saturated heterocycles. The van der Waals surface area contributed by atoms with Crippen molar-refractivity contribution in [3.05, 3.63) is 33.7 Å². The number of carbonyl (C=O) groups excluding carboxylic acids is 1. The number of carbonyl (C=O) groups is 1. The van der Waals surface area contributed by atoms with E-state index in [0.29, 0.717) is 21.3 Å². The van der Waals surface area contributed by atoms with Gasteiger partial charge in [-0.25, -0.2) is 4.39 Å². The van der Waals surface area contributed by atoms with Gasteiger partial charge < -0.3 is 5.73 Å². The zero-order chi connectivity index (χ0) is 12.6. The molecule has 0 aliphatic heterocycles. The Morgan fingerprint density at radius 1 is 1.47 bits per heavy atom. The van der Waals surface area contributed by atoms with Gasteiger partial charge in [0.15, 0.2) is 5.69 Å². The number of nitrogens with one attached hydrogen (secondary N) is 1. The SMILES string of the molecule is Cc1cc(-c2n[nH]nc2C(N)=O)c(Br)cc1F. The fourth-order valence-corrected chi connectivity index (χ4v) is 1.93. The summed E-state index contributed by atoms with van der Waals surface area (Å²) < 4.78 is 13.8. The van der Waals surface area contributed by atoms with E-state index in [9.17, 15) is 9.18 Å². The summed E-state index contributed by atoms with van der Waals surface area (Å²) in [5.74, 6) is -1.03. The zero-order valence-corrected chi connectivity index (χ0v) is 10.4. The summed E-state index contributed by atoms with van der Waals surface area (Å²) >= 11 is 3.21. The highest BCUT2D eigenvalue weighted by molar-refractivity contribution is 9.10. The second-order valence-corrected chi connectivity index (χ2v) is 4.32. The number of halogens is 2. The normalized spacial score (nSPS) is 10.5. The Balaban J connectivity index is 2.64. The Labute approximate surface area is 104 Å². The standard InChI is InChI=1S/C10H8BrFN4O/c1-4-2-5(6(11)3-7(4)12)8-9(10(13)17)15-16-14-8/h2-3H,1H3,(H2,13,17)(H,14,15,16). The minimum atomic E-state index is -0.692. The number of amides is 1. The molecule has 7 heteroatoms. The number of primary amides is 1. The molecule has 88 valence electrons. The highest BCUT2D eigenvalue weighted by Gasteiger charge is 2.18. The maximum absolute atomic E-state index is 13.3. The van der Waals surface area contributed by atoms with E-state index in [4.69, 9.17) is 5.73 Å². The van der Waals surface area contributed by atoms with Crippen molar-refractivity contribution in [3.8, 4) is 11.3 Å². The minimum Gasteiger partial charge on any atom is -0.364 e. The maximum atomic E-state index is 13.3. The van der Waals surface area contributed by atoms with Crippen molar-refractivity contribution in [2.45, 2.75) is 6.92 Å². The van der Waals surface area contributed by atoms with Crippen molar-refractivity contribution in [2.75, 3.05) is 0 Å². The summed E-state index contributed by atoms with van der Waals surface area (Å²) in [6, 6.07) is 2.88. The van der Waals surface area contributed by atoms with E-state index in [1.165, 1.54) is 6.07 Å². The molecule has 1 heterocycles. The first-order chi connectivity index (χ1) is 8.00. The van der Waals surface area contributed by atoms with Crippen molar-refractivity contribution in [1.82, 2.24) is 15.4 Å². The van der Waals surface area contributed by atoms with E-state index in [-0.39, 0.29) is 11.5 Å². The van der Waals surface area contributed by atoms with Crippen LogP contribution in [-0.2, 0) is 0 Å². The molecule has 1 aromatic heterocycles. The van der Waals surface area contributed by atoms with E-state index in [0.717, 1.165) is 0 Å². The average Bonchev–Trinajstić information content (AvgIpc) is 2.72. The summed E-state index contributed by atoms with van der Waals surface area (Å²) in [7, 11) is 0. The molecule has 0 radical (unpaired) electrons. The lowest BCUT2D eigenvalue weighted by Gasteiger charge is -2.04. The smallest absolute Gasteiger partial charge is 0.271 e. The van der Waals surface area contributed by atoms with E-state index in [2.05, 4.69) is 31.3 Å². The number of H-pyrrole nitrogens is 1. The maximum Gasteiger partial charge on any atom is 0.271 e. The van der Waals surface area contributed by atoms with Crippen molar-refractivity contribution >= 4 is 21.8 Å². The number of aromatic amines is 1. The van der Waals surface area contributed by atoms with Crippen LogP contribution in [0.4, 0.5) is 4.39 Å². The minimum absolute atomic E-state index is 0.0247. The van der Waals surface area contributed by atoms with Gasteiger partial charge in [0.05, 0.1) is 0 Å². The van der Waals surface area contributed by atoms with Crippen LogP contribution in [0.3, 0.4) is 0 Å². The van der Waals surface area contributed by atoms with Gasteiger partial charge in [-0.3, -0.25) is 4.79 Å². The molecule has 0 aliphatic carbocycles. The monoisotopic (exact) mass is 298 g/mol. The number of rotatable bonds is 2. The molecule has 0 bridgehead atoms. The second-order valence-electron chi connectivity index (χ2n) is 3.47. The molecule has 1 amide bonds. The van der Waals surface area contributed by atoms with E-state index < -0.39 is 5.91 Å². The van der Waals surface area contributed by atoms with Crippen molar-refractivity contribution in [1.29, 1.82) is 0 Å². The second kappa shape index (κ2) is 4.25. The number of aryl methyl sites for hydroxylation is 1. The van der Waals surface area contributed by atoms with Crippen molar-refractivity contribution in [2.24, 2.45) is 5.73 Å². The Morgan fingerprint density at radius 3 is 2.82 bits per heavy atom. The molecule has 3 N–H and O–H groups in total. The molecule has 1 aromatic carbocycles. The average molecular weight is 299 g/mol. The summed E-state index contributed by atoms with van der Waals surface area (Å²) in [5.41, 5.74) is 6.49. The van der Waals surface area contributed by atoms with Crippen LogP contribution in [0.2, 0.25) is 0 Å². The summed E-state index contributed by atoms with van der Waals surface area (Å²) in [4.78, 5) is 11.1. The number of benzene rings is 1. The highest BCUT2D eigenvalue weighted by Crippen LogP contribution is 2.30. The van der Waals surface area contributed by atoms with Gasteiger partial charge in [-0.05, 0) is 40.5 Å². The zero-order valence-electron chi connectivity index (χ0n) is 8.79. The predicted octanol–water partition coefficient (Wildman–Crippen LogP) is 1.78. The van der Waals surface area contributed by atoms with Gasteiger partial charge in [0, 0.05) is 10.0 Å². The molecule has 0 fully saturated rings. The first kappa shape index (κ1) is 11.7. The Kier molecular flexibility index (Phi) is 2.93. The highest BCUT2D eigenvalue weighted by atomic mass is 79.9. The van der Waals surface area contributed by atoms with Gasteiger partial charge in [0.25, 0.3) is 5.91 Å². The Morgan fingerprint density at radius 2 is 2.18 bits per heavy atom. The van der Waals surface area contributed by atoms with E-state index in [1.54, 1.807) is 13.0 Å². The Hall–Kier alpha value is -1.76. The molecule has 0 saturated carbocycles. The summed E-state index contributed by atoms with van der Waals surface area (Å²) in [6.45, 7) is 1.62. The molecule has 0 spiro atoms. The number of hydrogen-bond acceptors (Lipinski definition) is 3. The third-order valence-electron chi connectivity index (χ3n) is 2.28. The molecule has 2 rings (SSSR count). The number of nitrogens with two attached hydrogens (primary N) is 1. The lowest BCUT2D eigenvalue weighted by atomic mass is 10.1. The number of aromatic nitrogens is 3. The van der Waals surface area contributed by atoms with Crippen LogP contribution in [0.1, 0.15) is 16.1 Å². The third kappa shape index (κ3) is 2.05. The van der Waals surface area contributed by atoms with E-state index >= 15 is 0 Å². The van der Waals surface area contributed by atoms with Crippen LogP contribution in [-0.4, -0.2) is 21.3 Å². The number of nitrogens with zero attached hydrogens (tertiary/aromatic N) is 2. The first-order valence-corrected chi connectivity index (χ1v) is 5.46. The lowest BCUT2D eigenvalue weighted by molar-refractivity contribution is 0.0996. The number of hydrogen-bond donors (Lipinski definition) is 2. The topological polar surface area (TPSA) is 84.7 Å². The van der Waals surface area contributed by atoms with Crippen LogP contribution in [0.25, 0.3) is 11.3 Å². The molecule has 17 heavy (non-hydrogen) atoms. The fraction of sp³-hybridized carbons (Fsp3) is 0.100. The van der Waals surface area contributed by atoms with Gasteiger partial charge in [-0.2, -0.15) is 15.4 Å². The van der Waals surface area contributed by atoms with Crippen molar-refractivity contribution in [3.63, 3.8) is 0 Å². The largest absolute Gasteiger partial charge is 0.364 e.